The second kappa shape index (κ2) is 10.9. The Labute approximate surface area is 239 Å². The number of halogens is 6. The van der Waals surface area contributed by atoms with E-state index in [9.17, 15) is 26.3 Å². The summed E-state index contributed by atoms with van der Waals surface area (Å²) < 4.78 is 85.8. The number of aromatic nitrogens is 1. The number of nitrogens with one attached hydrogen (secondary N) is 2. The van der Waals surface area contributed by atoms with Gasteiger partial charge in [0.15, 0.2) is 0 Å². The van der Waals surface area contributed by atoms with Gasteiger partial charge in [0, 0.05) is 61.6 Å². The number of rotatable bonds is 5. The maximum atomic E-state index is 13.4. The summed E-state index contributed by atoms with van der Waals surface area (Å²) in [6, 6.07) is 16.1. The molecule has 0 spiro atoms. The minimum absolute atomic E-state index is 0.0458. The third-order valence-corrected chi connectivity index (χ3v) is 8.13. The highest BCUT2D eigenvalue weighted by atomic mass is 19.4. The molecule has 1 saturated heterocycles. The summed E-state index contributed by atoms with van der Waals surface area (Å²) in [5, 5.41) is 4.85. The largest absolute Gasteiger partial charge is 0.497 e. The van der Waals surface area contributed by atoms with Crippen LogP contribution in [0.15, 0.2) is 60.7 Å². The van der Waals surface area contributed by atoms with E-state index in [0.29, 0.717) is 32.7 Å². The molecule has 2 aliphatic rings. The second-order valence-electron chi connectivity index (χ2n) is 10.8. The summed E-state index contributed by atoms with van der Waals surface area (Å²) >= 11 is 0. The van der Waals surface area contributed by atoms with Crippen molar-refractivity contribution in [3.8, 4) is 5.75 Å². The lowest BCUT2D eigenvalue weighted by Gasteiger charge is -2.36. The smallest absolute Gasteiger partial charge is 0.416 e. The van der Waals surface area contributed by atoms with Crippen molar-refractivity contribution in [1.29, 1.82) is 0 Å². The van der Waals surface area contributed by atoms with Crippen LogP contribution < -0.4 is 15.0 Å². The molecule has 5 nitrogen and oxygen atoms in total. The summed E-state index contributed by atoms with van der Waals surface area (Å²) in [6.07, 6.45) is -8.82. The van der Waals surface area contributed by atoms with Crippen LogP contribution in [-0.4, -0.2) is 49.7 Å². The van der Waals surface area contributed by atoms with Gasteiger partial charge in [-0.2, -0.15) is 26.3 Å². The van der Waals surface area contributed by atoms with Crippen molar-refractivity contribution in [2.75, 3.05) is 44.7 Å². The number of ether oxygens (including phenoxy) is 1. The first-order valence-electron chi connectivity index (χ1n) is 13.8. The molecule has 0 radical (unpaired) electrons. The highest BCUT2D eigenvalue weighted by molar-refractivity contribution is 5.85. The zero-order valence-corrected chi connectivity index (χ0v) is 22.9. The predicted molar refractivity (Wildman–Crippen MR) is 149 cm³/mol. The summed E-state index contributed by atoms with van der Waals surface area (Å²) in [5.74, 6) is 0.717. The van der Waals surface area contributed by atoms with Crippen LogP contribution in [0.2, 0.25) is 0 Å². The number of H-pyrrole nitrogens is 1. The Bertz CT molecular complexity index is 1550. The standard InChI is InChI=1S/C31H30F6N4O/c1-42-24-13-19(12-20(14-24)28-29-26(6-7-38-28)25-4-2-3-5-27(25)39-29)18-40-8-10-41(11-9-40)23-16-21(30(32,33)34)15-22(17-23)31(35,36)37/h2-5,12-17,28,38-39H,6-11,18H2,1H3. The van der Waals surface area contributed by atoms with Crippen molar-refractivity contribution < 1.29 is 31.1 Å². The monoisotopic (exact) mass is 588 g/mol. The van der Waals surface area contributed by atoms with E-state index in [1.807, 2.05) is 24.3 Å². The van der Waals surface area contributed by atoms with Crippen LogP contribution in [0.1, 0.15) is 39.6 Å². The van der Waals surface area contributed by atoms with E-state index in [0.717, 1.165) is 53.2 Å². The van der Waals surface area contributed by atoms with Gasteiger partial charge in [0.05, 0.1) is 24.3 Å². The maximum absolute atomic E-state index is 13.4. The molecule has 222 valence electrons. The van der Waals surface area contributed by atoms with Gasteiger partial charge in [-0.05, 0) is 59.5 Å². The van der Waals surface area contributed by atoms with Crippen molar-refractivity contribution in [1.82, 2.24) is 15.2 Å². The molecular weight excluding hydrogens is 558 g/mol. The normalized spacial score (nSPS) is 18.4. The number of hydrogen-bond donors (Lipinski definition) is 2. The SMILES string of the molecule is COc1cc(CN2CCN(c3cc(C(F)(F)F)cc(C(F)(F)F)c3)CC2)cc(C2NCCc3c2[nH]c2ccccc32)c1. The van der Waals surface area contributed by atoms with Crippen LogP contribution in [0.5, 0.6) is 5.75 Å². The molecule has 1 aromatic heterocycles. The Morgan fingerprint density at radius 3 is 2.21 bits per heavy atom. The first-order valence-corrected chi connectivity index (χ1v) is 13.8. The fourth-order valence-electron chi connectivity index (χ4n) is 6.07. The van der Waals surface area contributed by atoms with Crippen molar-refractivity contribution in [3.05, 3.63) is 94.2 Å². The molecule has 0 amide bonds. The Morgan fingerprint density at radius 1 is 0.857 bits per heavy atom. The quantitative estimate of drug-likeness (QED) is 0.253. The van der Waals surface area contributed by atoms with Gasteiger partial charge in [0.1, 0.15) is 5.75 Å². The Morgan fingerprint density at radius 2 is 1.55 bits per heavy atom. The Balaban J connectivity index is 1.20. The Kier molecular flexibility index (Phi) is 7.34. The molecule has 2 aliphatic heterocycles. The van der Waals surface area contributed by atoms with Gasteiger partial charge in [0.2, 0.25) is 0 Å². The molecule has 1 unspecified atom stereocenters. The van der Waals surface area contributed by atoms with Gasteiger partial charge in [-0.1, -0.05) is 24.3 Å². The number of alkyl halides is 6. The number of anilines is 1. The first kappa shape index (κ1) is 28.4. The number of nitrogens with zero attached hydrogens (tertiary/aromatic N) is 2. The molecule has 4 aromatic rings. The number of aromatic amines is 1. The van der Waals surface area contributed by atoms with Crippen LogP contribution in [0.3, 0.4) is 0 Å². The summed E-state index contributed by atoms with van der Waals surface area (Å²) in [6.45, 7) is 2.98. The number of piperazine rings is 1. The summed E-state index contributed by atoms with van der Waals surface area (Å²) in [5.41, 5.74) is 2.94. The van der Waals surface area contributed by atoms with Gasteiger partial charge in [-0.15, -0.1) is 0 Å². The summed E-state index contributed by atoms with van der Waals surface area (Å²) in [7, 11) is 1.62. The molecule has 0 aliphatic carbocycles. The molecule has 1 fully saturated rings. The van der Waals surface area contributed by atoms with Gasteiger partial charge in [-0.25, -0.2) is 0 Å². The van der Waals surface area contributed by atoms with E-state index in [4.69, 9.17) is 4.74 Å². The average molecular weight is 589 g/mol. The Hall–Kier alpha value is -3.70. The molecular formula is C31H30F6N4O. The average Bonchev–Trinajstić information content (AvgIpc) is 3.35. The topological polar surface area (TPSA) is 43.5 Å². The minimum atomic E-state index is -4.87. The number of benzene rings is 3. The number of para-hydroxylation sites is 1. The second-order valence-corrected chi connectivity index (χ2v) is 10.8. The van der Waals surface area contributed by atoms with Crippen LogP contribution in [0.4, 0.5) is 32.0 Å². The summed E-state index contributed by atoms with van der Waals surface area (Å²) in [4.78, 5) is 7.32. The third kappa shape index (κ3) is 5.67. The molecule has 1 atom stereocenters. The van der Waals surface area contributed by atoms with Crippen molar-refractivity contribution in [2.45, 2.75) is 31.4 Å². The first-order chi connectivity index (χ1) is 20.0. The van der Waals surface area contributed by atoms with Crippen molar-refractivity contribution >= 4 is 16.6 Å². The predicted octanol–water partition coefficient (Wildman–Crippen LogP) is 6.77. The van der Waals surface area contributed by atoms with E-state index < -0.39 is 23.5 Å². The van der Waals surface area contributed by atoms with Crippen LogP contribution in [0, 0.1) is 0 Å². The highest BCUT2D eigenvalue weighted by Crippen LogP contribution is 2.39. The number of hydrogen-bond acceptors (Lipinski definition) is 4. The zero-order valence-electron chi connectivity index (χ0n) is 22.9. The molecule has 11 heteroatoms. The van der Waals surface area contributed by atoms with Gasteiger partial charge in [-0.3, -0.25) is 4.90 Å². The van der Waals surface area contributed by atoms with Crippen molar-refractivity contribution in [2.24, 2.45) is 0 Å². The molecule has 2 N–H and O–H groups in total. The number of methoxy groups -OCH3 is 1. The molecule has 6 rings (SSSR count). The lowest BCUT2D eigenvalue weighted by molar-refractivity contribution is -0.143. The molecule has 42 heavy (non-hydrogen) atoms. The molecule has 3 heterocycles. The number of fused-ring (bicyclic) bond motifs is 3. The minimum Gasteiger partial charge on any atom is -0.497 e. The van der Waals surface area contributed by atoms with E-state index in [2.05, 4.69) is 33.4 Å². The fourth-order valence-corrected chi connectivity index (χ4v) is 6.07. The molecule has 3 aromatic carbocycles. The lowest BCUT2D eigenvalue weighted by Crippen LogP contribution is -2.46. The highest BCUT2D eigenvalue weighted by Gasteiger charge is 2.37. The third-order valence-electron chi connectivity index (χ3n) is 8.13. The maximum Gasteiger partial charge on any atom is 0.416 e. The van der Waals surface area contributed by atoms with E-state index >= 15 is 0 Å². The van der Waals surface area contributed by atoms with Crippen LogP contribution in [-0.2, 0) is 25.3 Å². The van der Waals surface area contributed by atoms with Crippen LogP contribution in [0.25, 0.3) is 10.9 Å². The van der Waals surface area contributed by atoms with E-state index in [1.165, 1.54) is 10.9 Å². The van der Waals surface area contributed by atoms with E-state index in [-0.39, 0.29) is 17.8 Å². The zero-order chi connectivity index (χ0) is 29.6. The molecule has 0 saturated carbocycles. The van der Waals surface area contributed by atoms with Gasteiger partial charge < -0.3 is 19.9 Å². The van der Waals surface area contributed by atoms with E-state index in [1.54, 1.807) is 12.0 Å². The van der Waals surface area contributed by atoms with Gasteiger partial charge >= 0.3 is 12.4 Å². The lowest BCUT2D eigenvalue weighted by atomic mass is 9.93. The van der Waals surface area contributed by atoms with Crippen LogP contribution >= 0.6 is 0 Å². The fraction of sp³-hybridized carbons (Fsp3) is 0.355. The van der Waals surface area contributed by atoms with Gasteiger partial charge in [0.25, 0.3) is 0 Å². The van der Waals surface area contributed by atoms with Crippen molar-refractivity contribution in [3.63, 3.8) is 0 Å². The molecule has 0 bridgehead atoms.